The van der Waals surface area contributed by atoms with E-state index < -0.39 is 21.9 Å². The van der Waals surface area contributed by atoms with Crippen LogP contribution in [-0.2, 0) is 10.0 Å². The molecule has 1 rings (SSSR count). The van der Waals surface area contributed by atoms with Gasteiger partial charge >= 0.3 is 0 Å². The lowest BCUT2D eigenvalue weighted by atomic mass is 9.86. The van der Waals surface area contributed by atoms with Gasteiger partial charge in [0.2, 0.25) is 10.0 Å². The average molecular weight is 227 g/mol. The van der Waals surface area contributed by atoms with E-state index in [2.05, 4.69) is 4.72 Å². The Labute approximate surface area is 82.9 Å². The monoisotopic (exact) mass is 227 g/mol. The molecule has 6 heteroatoms. The second-order valence-corrected chi connectivity index (χ2v) is 5.66. The molecule has 1 N–H and O–H groups in total. The summed E-state index contributed by atoms with van der Waals surface area (Å²) in [6.45, 7) is -0.147. The van der Waals surface area contributed by atoms with Crippen LogP contribution in [0.25, 0.3) is 0 Å². The van der Waals surface area contributed by atoms with Gasteiger partial charge in [0.1, 0.15) is 0 Å². The van der Waals surface area contributed by atoms with Crippen molar-refractivity contribution in [3.05, 3.63) is 0 Å². The predicted molar refractivity (Wildman–Crippen MR) is 49.8 cm³/mol. The van der Waals surface area contributed by atoms with Gasteiger partial charge in [0.05, 0.1) is 6.26 Å². The summed E-state index contributed by atoms with van der Waals surface area (Å²) in [7, 11) is -3.36. The number of sulfonamides is 1. The molecule has 0 bridgehead atoms. The number of hydrogen-bond acceptors (Lipinski definition) is 2. The summed E-state index contributed by atoms with van der Waals surface area (Å²) in [5, 5.41) is 0. The highest BCUT2D eigenvalue weighted by Crippen LogP contribution is 2.37. The van der Waals surface area contributed by atoms with Crippen molar-refractivity contribution in [3.63, 3.8) is 0 Å². The van der Waals surface area contributed by atoms with E-state index >= 15 is 0 Å². The van der Waals surface area contributed by atoms with Gasteiger partial charge in [-0.1, -0.05) is 6.42 Å². The predicted octanol–water partition coefficient (Wildman–Crippen LogP) is 1.36. The van der Waals surface area contributed by atoms with Crippen molar-refractivity contribution in [1.82, 2.24) is 4.72 Å². The van der Waals surface area contributed by atoms with Crippen LogP contribution in [0, 0.1) is 5.92 Å². The van der Waals surface area contributed by atoms with Gasteiger partial charge in [-0.15, -0.1) is 0 Å². The van der Waals surface area contributed by atoms with E-state index in [0.717, 1.165) is 12.7 Å². The van der Waals surface area contributed by atoms with Crippen LogP contribution in [-0.4, -0.2) is 27.1 Å². The molecular formula is C8H15F2NO2S. The van der Waals surface area contributed by atoms with E-state index in [-0.39, 0.29) is 13.0 Å². The van der Waals surface area contributed by atoms with Gasteiger partial charge in [-0.25, -0.2) is 21.9 Å². The minimum atomic E-state index is -3.36. The molecule has 0 aromatic carbocycles. The third-order valence-electron chi connectivity index (χ3n) is 2.50. The van der Waals surface area contributed by atoms with Crippen LogP contribution < -0.4 is 4.72 Å². The third kappa shape index (κ3) is 3.49. The molecule has 0 amide bonds. The maximum Gasteiger partial charge on any atom is 0.252 e. The zero-order valence-electron chi connectivity index (χ0n) is 8.09. The molecule has 1 atom stereocenters. The first kappa shape index (κ1) is 11.8. The molecule has 1 fully saturated rings. The quantitative estimate of drug-likeness (QED) is 0.791. The summed E-state index contributed by atoms with van der Waals surface area (Å²) in [5.74, 6) is -3.55. The van der Waals surface area contributed by atoms with E-state index in [4.69, 9.17) is 0 Å². The normalized spacial score (nSPS) is 27.5. The molecule has 0 unspecified atom stereocenters. The lowest BCUT2D eigenvalue weighted by Crippen LogP contribution is -2.40. The fraction of sp³-hybridized carbons (Fsp3) is 1.00. The standard InChI is InChI=1S/C8H15F2NO2S/c1-14(12,13)11-6-7-4-2-3-5-8(7,9)10/h7,11H,2-6H2,1H3/t7-/m0/s1. The van der Waals surface area contributed by atoms with Gasteiger partial charge in [0.15, 0.2) is 0 Å². The highest BCUT2D eigenvalue weighted by atomic mass is 32.2. The first-order valence-electron chi connectivity index (χ1n) is 4.64. The molecule has 0 saturated heterocycles. The minimum absolute atomic E-state index is 0.122. The molecule has 0 aliphatic heterocycles. The van der Waals surface area contributed by atoms with E-state index in [9.17, 15) is 17.2 Å². The Bertz CT molecular complexity index is 290. The summed E-state index contributed by atoms with van der Waals surface area (Å²) in [4.78, 5) is 0. The number of rotatable bonds is 3. The zero-order chi connectivity index (χ0) is 10.8. The molecule has 1 aliphatic rings. The van der Waals surface area contributed by atoms with Crippen LogP contribution in [0.2, 0.25) is 0 Å². The summed E-state index contributed by atoms with van der Waals surface area (Å²) in [5.41, 5.74) is 0. The van der Waals surface area contributed by atoms with E-state index in [1.54, 1.807) is 0 Å². The lowest BCUT2D eigenvalue weighted by molar-refractivity contribution is -0.0827. The van der Waals surface area contributed by atoms with Crippen LogP contribution in [0.4, 0.5) is 8.78 Å². The van der Waals surface area contributed by atoms with Crippen molar-refractivity contribution in [3.8, 4) is 0 Å². The Balaban J connectivity index is 2.50. The van der Waals surface area contributed by atoms with Gasteiger partial charge in [-0.2, -0.15) is 0 Å². The van der Waals surface area contributed by atoms with Crippen LogP contribution >= 0.6 is 0 Å². The molecule has 0 aromatic heterocycles. The maximum absolute atomic E-state index is 13.2. The van der Waals surface area contributed by atoms with Crippen molar-refractivity contribution in [2.45, 2.75) is 31.6 Å². The van der Waals surface area contributed by atoms with Gasteiger partial charge < -0.3 is 0 Å². The van der Waals surface area contributed by atoms with Crippen molar-refractivity contribution < 1.29 is 17.2 Å². The Kier molecular flexibility index (Phi) is 3.47. The first-order valence-corrected chi connectivity index (χ1v) is 6.53. The summed E-state index contributed by atoms with van der Waals surface area (Å²) in [6, 6.07) is 0. The number of nitrogens with one attached hydrogen (secondary N) is 1. The fourth-order valence-electron chi connectivity index (χ4n) is 1.67. The van der Waals surface area contributed by atoms with E-state index in [1.807, 2.05) is 0 Å². The molecule has 0 spiro atoms. The summed E-state index contributed by atoms with van der Waals surface area (Å²) < 4.78 is 50.0. The molecule has 0 heterocycles. The Morgan fingerprint density at radius 2 is 2.07 bits per heavy atom. The van der Waals surface area contributed by atoms with Crippen molar-refractivity contribution in [2.75, 3.05) is 12.8 Å². The van der Waals surface area contributed by atoms with Gasteiger partial charge in [0.25, 0.3) is 5.92 Å². The van der Waals surface area contributed by atoms with Gasteiger partial charge in [-0.05, 0) is 12.8 Å². The fourth-order valence-corrected chi connectivity index (χ4v) is 2.17. The lowest BCUT2D eigenvalue weighted by Gasteiger charge is -2.31. The average Bonchev–Trinajstić information content (AvgIpc) is 2.00. The van der Waals surface area contributed by atoms with Crippen molar-refractivity contribution in [1.29, 1.82) is 0 Å². The largest absolute Gasteiger partial charge is 0.252 e. The highest BCUT2D eigenvalue weighted by molar-refractivity contribution is 7.88. The highest BCUT2D eigenvalue weighted by Gasteiger charge is 2.41. The number of hydrogen-bond donors (Lipinski definition) is 1. The van der Waals surface area contributed by atoms with E-state index in [1.165, 1.54) is 0 Å². The van der Waals surface area contributed by atoms with Crippen LogP contribution in [0.5, 0.6) is 0 Å². The van der Waals surface area contributed by atoms with Crippen LogP contribution in [0.3, 0.4) is 0 Å². The maximum atomic E-state index is 13.2. The van der Waals surface area contributed by atoms with Crippen LogP contribution in [0.15, 0.2) is 0 Å². The smallest absolute Gasteiger partial charge is 0.215 e. The molecule has 14 heavy (non-hydrogen) atoms. The molecule has 1 saturated carbocycles. The number of alkyl halides is 2. The molecule has 84 valence electrons. The van der Waals surface area contributed by atoms with Crippen LogP contribution in [0.1, 0.15) is 25.7 Å². The molecule has 0 aromatic rings. The Hall–Kier alpha value is -0.230. The zero-order valence-corrected chi connectivity index (χ0v) is 8.91. The first-order chi connectivity index (χ1) is 6.31. The number of halogens is 2. The third-order valence-corrected chi connectivity index (χ3v) is 3.19. The SMILES string of the molecule is CS(=O)(=O)NC[C@@H]1CCCCC1(F)F. The molecule has 0 radical (unpaired) electrons. The topological polar surface area (TPSA) is 46.2 Å². The van der Waals surface area contributed by atoms with Gasteiger partial charge in [0, 0.05) is 18.9 Å². The summed E-state index contributed by atoms with van der Waals surface area (Å²) >= 11 is 0. The molecule has 3 nitrogen and oxygen atoms in total. The molecule has 1 aliphatic carbocycles. The van der Waals surface area contributed by atoms with Gasteiger partial charge in [-0.3, -0.25) is 0 Å². The van der Waals surface area contributed by atoms with E-state index in [0.29, 0.717) is 12.8 Å². The second kappa shape index (κ2) is 4.10. The molecular weight excluding hydrogens is 212 g/mol. The Morgan fingerprint density at radius 3 is 2.57 bits per heavy atom. The Morgan fingerprint density at radius 1 is 1.43 bits per heavy atom. The van der Waals surface area contributed by atoms with Crippen molar-refractivity contribution >= 4 is 10.0 Å². The van der Waals surface area contributed by atoms with Crippen molar-refractivity contribution in [2.24, 2.45) is 5.92 Å². The summed E-state index contributed by atoms with van der Waals surface area (Å²) in [6.07, 6.45) is 2.54. The minimum Gasteiger partial charge on any atom is -0.215 e. The second-order valence-electron chi connectivity index (χ2n) is 3.82.